The zero-order chi connectivity index (χ0) is 8.97. The van der Waals surface area contributed by atoms with Gasteiger partial charge < -0.3 is 5.11 Å². The van der Waals surface area contributed by atoms with Gasteiger partial charge in [0.05, 0.1) is 6.10 Å². The Morgan fingerprint density at radius 1 is 1.67 bits per heavy atom. The fraction of sp³-hybridized carbons (Fsp3) is 0.444. The summed E-state index contributed by atoms with van der Waals surface area (Å²) in [6, 6.07) is 5.86. The van der Waals surface area contributed by atoms with Gasteiger partial charge in [-0.1, -0.05) is 0 Å². The molecule has 2 nitrogen and oxygen atoms in total. The van der Waals surface area contributed by atoms with Gasteiger partial charge in [-0.05, 0) is 31.9 Å². The Bertz CT molecular complexity index is 285. The standard InChI is InChI=1S/C9H11NOS/c1-7(11)2-3-8-4-5-9(6-10)12-8/h4-5,7,11H,2-3H2,1H3/t7-/m1/s1. The lowest BCUT2D eigenvalue weighted by Crippen LogP contribution is -1.99. The molecule has 0 fully saturated rings. The minimum Gasteiger partial charge on any atom is -0.393 e. The molecule has 1 N–H and O–H groups in total. The summed E-state index contributed by atoms with van der Waals surface area (Å²) >= 11 is 1.50. The second-order valence-electron chi connectivity index (χ2n) is 2.77. The maximum absolute atomic E-state index is 9.02. The molecule has 1 aromatic heterocycles. The lowest BCUT2D eigenvalue weighted by Gasteiger charge is -2.00. The fourth-order valence-corrected chi connectivity index (χ4v) is 1.74. The molecular weight excluding hydrogens is 170 g/mol. The van der Waals surface area contributed by atoms with Crippen LogP contribution < -0.4 is 0 Å². The van der Waals surface area contributed by atoms with E-state index in [4.69, 9.17) is 10.4 Å². The zero-order valence-electron chi connectivity index (χ0n) is 6.95. The van der Waals surface area contributed by atoms with Crippen molar-refractivity contribution in [3.8, 4) is 6.07 Å². The molecule has 1 aromatic rings. The molecule has 0 spiro atoms. The Hall–Kier alpha value is -0.850. The quantitative estimate of drug-likeness (QED) is 0.774. The molecule has 3 heteroatoms. The first-order chi connectivity index (χ1) is 5.72. The molecule has 0 bridgehead atoms. The molecule has 0 radical (unpaired) electrons. The van der Waals surface area contributed by atoms with Crippen molar-refractivity contribution >= 4 is 11.3 Å². The number of aliphatic hydroxyl groups is 1. The van der Waals surface area contributed by atoms with Crippen molar-refractivity contribution in [3.05, 3.63) is 21.9 Å². The molecule has 0 aliphatic heterocycles. The monoisotopic (exact) mass is 181 g/mol. The third-order valence-corrected chi connectivity index (χ3v) is 2.63. The van der Waals surface area contributed by atoms with E-state index < -0.39 is 0 Å². The topological polar surface area (TPSA) is 44.0 Å². The van der Waals surface area contributed by atoms with Crippen LogP contribution in [0.1, 0.15) is 23.1 Å². The Kier molecular flexibility index (Phi) is 3.27. The van der Waals surface area contributed by atoms with Gasteiger partial charge in [0.2, 0.25) is 0 Å². The third-order valence-electron chi connectivity index (χ3n) is 1.58. The van der Waals surface area contributed by atoms with Gasteiger partial charge in [0.1, 0.15) is 10.9 Å². The molecule has 1 atom stereocenters. The molecule has 0 aliphatic carbocycles. The summed E-state index contributed by atoms with van der Waals surface area (Å²) in [7, 11) is 0. The molecule has 0 amide bonds. The first-order valence-corrected chi connectivity index (χ1v) is 4.71. The van der Waals surface area contributed by atoms with Crippen LogP contribution in [0.2, 0.25) is 0 Å². The number of hydrogen-bond acceptors (Lipinski definition) is 3. The summed E-state index contributed by atoms with van der Waals surface area (Å²) in [5, 5.41) is 17.6. The van der Waals surface area contributed by atoms with E-state index in [2.05, 4.69) is 6.07 Å². The average Bonchev–Trinajstić information content (AvgIpc) is 2.48. The summed E-state index contributed by atoms with van der Waals surface area (Å²) in [5.41, 5.74) is 0. The maximum Gasteiger partial charge on any atom is 0.110 e. The lowest BCUT2D eigenvalue weighted by atomic mass is 10.2. The lowest BCUT2D eigenvalue weighted by molar-refractivity contribution is 0.185. The van der Waals surface area contributed by atoms with Crippen LogP contribution in [0.5, 0.6) is 0 Å². The van der Waals surface area contributed by atoms with Crippen LogP contribution in [0.4, 0.5) is 0 Å². The summed E-state index contributed by atoms with van der Waals surface area (Å²) in [5.74, 6) is 0. The van der Waals surface area contributed by atoms with Gasteiger partial charge >= 0.3 is 0 Å². The number of thiophene rings is 1. The van der Waals surface area contributed by atoms with Crippen LogP contribution in [0.3, 0.4) is 0 Å². The van der Waals surface area contributed by atoms with E-state index >= 15 is 0 Å². The van der Waals surface area contributed by atoms with E-state index in [0.717, 1.165) is 17.7 Å². The van der Waals surface area contributed by atoms with Crippen LogP contribution in [-0.4, -0.2) is 11.2 Å². The predicted octanol–water partition coefficient (Wildman–Crippen LogP) is 1.93. The minimum atomic E-state index is -0.252. The number of nitriles is 1. The van der Waals surface area contributed by atoms with Crippen molar-refractivity contribution in [1.29, 1.82) is 5.26 Å². The third kappa shape index (κ3) is 2.65. The largest absolute Gasteiger partial charge is 0.393 e. The van der Waals surface area contributed by atoms with E-state index in [1.165, 1.54) is 16.2 Å². The molecule has 0 aromatic carbocycles. The second-order valence-corrected chi connectivity index (χ2v) is 3.93. The molecule has 12 heavy (non-hydrogen) atoms. The van der Waals surface area contributed by atoms with Crippen molar-refractivity contribution < 1.29 is 5.11 Å². The smallest absolute Gasteiger partial charge is 0.110 e. The summed E-state index contributed by atoms with van der Waals surface area (Å²) in [6.07, 6.45) is 1.38. The minimum absolute atomic E-state index is 0.252. The van der Waals surface area contributed by atoms with Crippen molar-refractivity contribution in [2.45, 2.75) is 25.9 Å². The van der Waals surface area contributed by atoms with E-state index in [1.54, 1.807) is 6.92 Å². The highest BCUT2D eigenvalue weighted by Gasteiger charge is 2.01. The number of aliphatic hydroxyl groups excluding tert-OH is 1. The van der Waals surface area contributed by atoms with Gasteiger partial charge in [0, 0.05) is 4.88 Å². The van der Waals surface area contributed by atoms with Gasteiger partial charge in [-0.25, -0.2) is 0 Å². The van der Waals surface area contributed by atoms with Crippen molar-refractivity contribution in [3.63, 3.8) is 0 Å². The van der Waals surface area contributed by atoms with E-state index in [1.807, 2.05) is 12.1 Å². The Labute approximate surface area is 76.1 Å². The Morgan fingerprint density at radius 3 is 2.92 bits per heavy atom. The highest BCUT2D eigenvalue weighted by Crippen LogP contribution is 2.17. The molecule has 1 heterocycles. The molecular formula is C9H11NOS. The Morgan fingerprint density at radius 2 is 2.42 bits per heavy atom. The highest BCUT2D eigenvalue weighted by atomic mass is 32.1. The fourth-order valence-electron chi connectivity index (χ4n) is 0.924. The first kappa shape index (κ1) is 9.24. The van der Waals surface area contributed by atoms with Crippen LogP contribution in [0, 0.1) is 11.3 Å². The van der Waals surface area contributed by atoms with Crippen LogP contribution in [0.15, 0.2) is 12.1 Å². The molecule has 0 aliphatic rings. The molecule has 0 saturated heterocycles. The Balaban J connectivity index is 2.48. The van der Waals surface area contributed by atoms with E-state index in [-0.39, 0.29) is 6.10 Å². The van der Waals surface area contributed by atoms with E-state index in [0.29, 0.717) is 0 Å². The molecule has 0 saturated carbocycles. The molecule has 1 rings (SSSR count). The zero-order valence-corrected chi connectivity index (χ0v) is 7.77. The highest BCUT2D eigenvalue weighted by molar-refractivity contribution is 7.12. The van der Waals surface area contributed by atoms with Gasteiger partial charge in [-0.2, -0.15) is 5.26 Å². The van der Waals surface area contributed by atoms with Gasteiger partial charge in [0.25, 0.3) is 0 Å². The van der Waals surface area contributed by atoms with Crippen LogP contribution >= 0.6 is 11.3 Å². The van der Waals surface area contributed by atoms with Crippen LogP contribution in [0.25, 0.3) is 0 Å². The van der Waals surface area contributed by atoms with Crippen molar-refractivity contribution in [1.82, 2.24) is 0 Å². The number of hydrogen-bond donors (Lipinski definition) is 1. The normalized spacial score (nSPS) is 12.4. The summed E-state index contributed by atoms with van der Waals surface area (Å²) in [4.78, 5) is 1.92. The summed E-state index contributed by atoms with van der Waals surface area (Å²) < 4.78 is 0. The van der Waals surface area contributed by atoms with Crippen molar-refractivity contribution in [2.24, 2.45) is 0 Å². The SMILES string of the molecule is C[C@@H](O)CCc1ccc(C#N)s1. The van der Waals surface area contributed by atoms with Gasteiger partial charge in [-0.3, -0.25) is 0 Å². The first-order valence-electron chi connectivity index (χ1n) is 3.89. The maximum atomic E-state index is 9.02. The second kappa shape index (κ2) is 4.24. The average molecular weight is 181 g/mol. The number of aryl methyl sites for hydroxylation is 1. The van der Waals surface area contributed by atoms with Crippen LogP contribution in [-0.2, 0) is 6.42 Å². The molecule has 64 valence electrons. The van der Waals surface area contributed by atoms with Crippen molar-refractivity contribution in [2.75, 3.05) is 0 Å². The number of nitrogens with zero attached hydrogens (tertiary/aromatic N) is 1. The molecule has 0 unspecified atom stereocenters. The number of rotatable bonds is 3. The summed E-state index contributed by atoms with van der Waals surface area (Å²) in [6.45, 7) is 1.78. The predicted molar refractivity (Wildman–Crippen MR) is 49.0 cm³/mol. The van der Waals surface area contributed by atoms with Gasteiger partial charge in [0.15, 0.2) is 0 Å². The van der Waals surface area contributed by atoms with E-state index in [9.17, 15) is 0 Å². The van der Waals surface area contributed by atoms with Gasteiger partial charge in [-0.15, -0.1) is 11.3 Å².